The van der Waals surface area contributed by atoms with Gasteiger partial charge in [-0.15, -0.1) is 0 Å². The maximum atomic E-state index is 11.3. The second-order valence-corrected chi connectivity index (χ2v) is 5.47. The molecule has 2 unspecified atom stereocenters. The fraction of sp³-hybridized carbons (Fsp3) is 0.400. The molecule has 18 heavy (non-hydrogen) atoms. The highest BCUT2D eigenvalue weighted by Gasteiger charge is 2.49. The van der Waals surface area contributed by atoms with Gasteiger partial charge >= 0.3 is 11.9 Å². The number of carboxylic acids is 2. The summed E-state index contributed by atoms with van der Waals surface area (Å²) >= 11 is 0. The summed E-state index contributed by atoms with van der Waals surface area (Å²) in [5.74, 6) is -4.04. The number of allylic oxidation sites excluding steroid dienone is 2. The number of hydrogen-bond acceptors (Lipinski definition) is 5. The largest absolute Gasteiger partial charge is 0.479 e. The number of hydrogen-bond donors (Lipinski definition) is 2. The zero-order chi connectivity index (χ0) is 14.1. The van der Waals surface area contributed by atoms with Crippen molar-refractivity contribution in [1.29, 1.82) is 0 Å². The highest BCUT2D eigenvalue weighted by atomic mass is 32.2. The summed E-state index contributed by atoms with van der Waals surface area (Å²) < 4.78 is 26.9. The van der Waals surface area contributed by atoms with E-state index in [4.69, 9.17) is 10.2 Å². The van der Waals surface area contributed by atoms with Crippen LogP contribution < -0.4 is 0 Å². The lowest BCUT2D eigenvalue weighted by Crippen LogP contribution is -2.49. The molecule has 1 aliphatic carbocycles. The van der Waals surface area contributed by atoms with E-state index in [0.717, 1.165) is 12.2 Å². The molecule has 0 radical (unpaired) electrons. The van der Waals surface area contributed by atoms with E-state index in [0.29, 0.717) is 6.26 Å². The first-order chi connectivity index (χ1) is 8.10. The molecule has 0 amide bonds. The van der Waals surface area contributed by atoms with E-state index in [-0.39, 0.29) is 5.57 Å². The second-order valence-electron chi connectivity index (χ2n) is 3.89. The smallest absolute Gasteiger partial charge is 0.342 e. The summed E-state index contributed by atoms with van der Waals surface area (Å²) in [6.07, 6.45) is 4.09. The number of aliphatic carboxylic acids is 2. The zero-order valence-corrected chi connectivity index (χ0v) is 10.5. The van der Waals surface area contributed by atoms with Crippen LogP contribution >= 0.6 is 0 Å². The van der Waals surface area contributed by atoms with E-state index < -0.39 is 33.6 Å². The zero-order valence-electron chi connectivity index (χ0n) is 9.65. The van der Waals surface area contributed by atoms with Gasteiger partial charge in [0.05, 0.1) is 6.26 Å². The first-order valence-electron chi connectivity index (χ1n) is 4.87. The standard InChI is InChI=1S/C10H12O7S/c1-6-7(8(11)12)4-3-5-10(6,9(13)14)17-18(2,15)16/h3-6H,1-2H3,(H,11,12)(H,13,14). The Morgan fingerprint density at radius 3 is 2.33 bits per heavy atom. The molecule has 0 saturated carbocycles. The third kappa shape index (κ3) is 2.59. The molecular weight excluding hydrogens is 264 g/mol. The molecule has 0 heterocycles. The van der Waals surface area contributed by atoms with Gasteiger partial charge in [0.1, 0.15) is 0 Å². The third-order valence-electron chi connectivity index (χ3n) is 2.60. The molecule has 0 aliphatic heterocycles. The minimum Gasteiger partial charge on any atom is -0.479 e. The van der Waals surface area contributed by atoms with Crippen LogP contribution in [0.3, 0.4) is 0 Å². The summed E-state index contributed by atoms with van der Waals surface area (Å²) in [4.78, 5) is 22.2. The summed E-state index contributed by atoms with van der Waals surface area (Å²) in [5, 5.41) is 18.1. The molecule has 2 atom stereocenters. The van der Waals surface area contributed by atoms with E-state index in [1.54, 1.807) is 0 Å². The van der Waals surface area contributed by atoms with E-state index >= 15 is 0 Å². The van der Waals surface area contributed by atoms with Crippen LogP contribution in [-0.4, -0.2) is 42.4 Å². The molecule has 8 heteroatoms. The Kier molecular flexibility index (Phi) is 3.63. The van der Waals surface area contributed by atoms with Crippen LogP contribution in [0.4, 0.5) is 0 Å². The lowest BCUT2D eigenvalue weighted by Gasteiger charge is -2.33. The van der Waals surface area contributed by atoms with Crippen molar-refractivity contribution in [2.24, 2.45) is 5.92 Å². The van der Waals surface area contributed by atoms with E-state index in [1.807, 2.05) is 0 Å². The minimum atomic E-state index is -4.06. The van der Waals surface area contributed by atoms with Gasteiger partial charge in [0.2, 0.25) is 5.60 Å². The molecule has 0 aromatic heterocycles. The quantitative estimate of drug-likeness (QED) is 0.694. The SMILES string of the molecule is CC1C(C(=O)O)=CC=CC1(OS(C)(=O)=O)C(=O)O. The van der Waals surface area contributed by atoms with Gasteiger partial charge in [-0.1, -0.05) is 19.1 Å². The van der Waals surface area contributed by atoms with Gasteiger partial charge in [0.15, 0.2) is 0 Å². The highest BCUT2D eigenvalue weighted by Crippen LogP contribution is 2.34. The fourth-order valence-corrected chi connectivity index (χ4v) is 2.49. The monoisotopic (exact) mass is 276 g/mol. The normalized spacial score (nSPS) is 27.7. The van der Waals surface area contributed by atoms with Gasteiger partial charge < -0.3 is 10.2 Å². The van der Waals surface area contributed by atoms with Crippen LogP contribution in [0.1, 0.15) is 6.92 Å². The minimum absolute atomic E-state index is 0.233. The second kappa shape index (κ2) is 4.54. The molecule has 0 spiro atoms. The third-order valence-corrected chi connectivity index (χ3v) is 3.18. The van der Waals surface area contributed by atoms with Crippen molar-refractivity contribution in [3.63, 3.8) is 0 Å². The highest BCUT2D eigenvalue weighted by molar-refractivity contribution is 7.86. The molecule has 0 bridgehead atoms. The molecule has 1 aliphatic rings. The summed E-state index contributed by atoms with van der Waals surface area (Å²) in [6.45, 7) is 1.28. The van der Waals surface area contributed by atoms with Crippen LogP contribution in [0.25, 0.3) is 0 Å². The van der Waals surface area contributed by atoms with E-state index in [1.165, 1.54) is 13.0 Å². The Bertz CT molecular complexity index is 543. The van der Waals surface area contributed by atoms with Crippen LogP contribution in [-0.2, 0) is 23.9 Å². The first-order valence-corrected chi connectivity index (χ1v) is 6.68. The molecule has 0 aromatic carbocycles. The Morgan fingerprint density at radius 2 is 1.94 bits per heavy atom. The van der Waals surface area contributed by atoms with Gasteiger partial charge in [0.25, 0.3) is 10.1 Å². The molecule has 7 nitrogen and oxygen atoms in total. The van der Waals surface area contributed by atoms with Crippen LogP contribution in [0, 0.1) is 5.92 Å². The topological polar surface area (TPSA) is 118 Å². The van der Waals surface area contributed by atoms with Gasteiger partial charge in [-0.2, -0.15) is 8.42 Å². The van der Waals surface area contributed by atoms with Crippen molar-refractivity contribution in [2.75, 3.05) is 6.26 Å². The Labute approximate surface area is 103 Å². The Morgan fingerprint density at radius 1 is 1.39 bits per heavy atom. The van der Waals surface area contributed by atoms with Crippen molar-refractivity contribution in [3.05, 3.63) is 23.8 Å². The number of carbonyl (C=O) groups is 2. The molecule has 2 N–H and O–H groups in total. The molecule has 100 valence electrons. The predicted octanol–water partition coefficient (Wildman–Crippen LogP) is 0.00290. The average Bonchev–Trinajstić information content (AvgIpc) is 2.18. The fourth-order valence-electron chi connectivity index (χ4n) is 1.71. The van der Waals surface area contributed by atoms with E-state index in [2.05, 4.69) is 4.18 Å². The van der Waals surface area contributed by atoms with Crippen molar-refractivity contribution >= 4 is 22.1 Å². The van der Waals surface area contributed by atoms with Gasteiger partial charge in [-0.3, -0.25) is 0 Å². The average molecular weight is 276 g/mol. The van der Waals surface area contributed by atoms with Crippen molar-refractivity contribution < 1.29 is 32.4 Å². The molecule has 0 aromatic rings. The maximum Gasteiger partial charge on any atom is 0.342 e. The van der Waals surface area contributed by atoms with Crippen molar-refractivity contribution in [2.45, 2.75) is 12.5 Å². The summed E-state index contributed by atoms with van der Waals surface area (Å²) in [6, 6.07) is 0. The van der Waals surface area contributed by atoms with Crippen LogP contribution in [0.15, 0.2) is 23.8 Å². The summed E-state index contributed by atoms with van der Waals surface area (Å²) in [5.41, 5.74) is -2.46. The first kappa shape index (κ1) is 14.4. The predicted molar refractivity (Wildman–Crippen MR) is 60.3 cm³/mol. The van der Waals surface area contributed by atoms with E-state index in [9.17, 15) is 18.0 Å². The molecule has 0 fully saturated rings. The van der Waals surface area contributed by atoms with Crippen molar-refractivity contribution in [1.82, 2.24) is 0 Å². The number of rotatable bonds is 4. The van der Waals surface area contributed by atoms with Gasteiger partial charge in [-0.25, -0.2) is 13.8 Å². The molecule has 1 rings (SSSR count). The van der Waals surface area contributed by atoms with Gasteiger partial charge in [-0.05, 0) is 6.08 Å². The molecule has 0 saturated heterocycles. The molecular formula is C10H12O7S. The lowest BCUT2D eigenvalue weighted by molar-refractivity contribution is -0.154. The van der Waals surface area contributed by atoms with Crippen molar-refractivity contribution in [3.8, 4) is 0 Å². The Hall–Kier alpha value is -1.67. The summed E-state index contributed by atoms with van der Waals surface area (Å²) in [7, 11) is -4.06. The van der Waals surface area contributed by atoms with Crippen LogP contribution in [0.5, 0.6) is 0 Å². The van der Waals surface area contributed by atoms with Crippen LogP contribution in [0.2, 0.25) is 0 Å². The lowest BCUT2D eigenvalue weighted by atomic mass is 9.79. The maximum absolute atomic E-state index is 11.3. The Balaban J connectivity index is 3.32. The van der Waals surface area contributed by atoms with Gasteiger partial charge in [0, 0.05) is 11.5 Å². The number of carboxylic acid groups (broad SMARTS) is 2.